The molecule has 0 saturated carbocycles. The third kappa shape index (κ3) is 5.64. The summed E-state index contributed by atoms with van der Waals surface area (Å²) >= 11 is 0. The molecule has 0 fully saturated rings. The molecule has 58 heavy (non-hydrogen) atoms. The molecule has 4 nitrogen and oxygen atoms in total. The number of benzene rings is 8. The molecule has 2 heterocycles. The van der Waals surface area contributed by atoms with Gasteiger partial charge in [0.1, 0.15) is 11.2 Å². The van der Waals surface area contributed by atoms with Gasteiger partial charge < -0.3 is 4.42 Å². The third-order valence-electron chi connectivity index (χ3n) is 11.8. The van der Waals surface area contributed by atoms with E-state index in [0.29, 0.717) is 17.5 Å². The van der Waals surface area contributed by atoms with Crippen LogP contribution in [0.5, 0.6) is 0 Å². The summed E-state index contributed by atoms with van der Waals surface area (Å²) in [6, 6.07) is 66.2. The lowest BCUT2D eigenvalue weighted by atomic mass is 9.81. The molecule has 10 aromatic rings. The van der Waals surface area contributed by atoms with Gasteiger partial charge in [0, 0.05) is 32.9 Å². The number of aromatic nitrogens is 3. The van der Waals surface area contributed by atoms with Crippen LogP contribution in [-0.2, 0) is 5.41 Å². The number of rotatable bonds is 6. The highest BCUT2D eigenvalue weighted by molar-refractivity contribution is 6.12. The Labute approximate surface area is 337 Å². The molecule has 0 bridgehead atoms. The Morgan fingerprint density at radius 1 is 0.345 bits per heavy atom. The van der Waals surface area contributed by atoms with Gasteiger partial charge in [0.05, 0.1) is 0 Å². The Kier molecular flexibility index (Phi) is 7.80. The summed E-state index contributed by atoms with van der Waals surface area (Å²) in [6.07, 6.45) is 0. The first-order chi connectivity index (χ1) is 28.5. The van der Waals surface area contributed by atoms with Crippen molar-refractivity contribution in [3.63, 3.8) is 0 Å². The topological polar surface area (TPSA) is 51.8 Å². The maximum atomic E-state index is 6.46. The molecule has 0 aliphatic heterocycles. The molecular formula is C54H37N3O. The molecule has 0 N–H and O–H groups in total. The minimum absolute atomic E-state index is 0.0275. The van der Waals surface area contributed by atoms with Crippen LogP contribution in [0, 0.1) is 0 Å². The van der Waals surface area contributed by atoms with Crippen LogP contribution in [0.15, 0.2) is 192 Å². The molecule has 11 rings (SSSR count). The Morgan fingerprint density at radius 2 is 0.845 bits per heavy atom. The second-order valence-corrected chi connectivity index (χ2v) is 15.6. The summed E-state index contributed by atoms with van der Waals surface area (Å²) in [5, 5.41) is 2.00. The van der Waals surface area contributed by atoms with Crippen molar-refractivity contribution in [3.8, 4) is 78.7 Å². The van der Waals surface area contributed by atoms with Crippen LogP contribution in [0.3, 0.4) is 0 Å². The Balaban J connectivity index is 0.953. The predicted molar refractivity (Wildman–Crippen MR) is 237 cm³/mol. The van der Waals surface area contributed by atoms with Crippen LogP contribution >= 0.6 is 0 Å². The fourth-order valence-electron chi connectivity index (χ4n) is 8.74. The Hall–Kier alpha value is -7.43. The number of nitrogens with zero attached hydrogens (tertiary/aromatic N) is 3. The average Bonchev–Trinajstić information content (AvgIpc) is 3.78. The zero-order valence-corrected chi connectivity index (χ0v) is 32.1. The minimum Gasteiger partial charge on any atom is -0.456 e. The van der Waals surface area contributed by atoms with E-state index in [4.69, 9.17) is 19.4 Å². The van der Waals surface area contributed by atoms with Crippen molar-refractivity contribution in [1.82, 2.24) is 15.0 Å². The lowest BCUT2D eigenvalue weighted by Gasteiger charge is -2.22. The van der Waals surface area contributed by atoms with E-state index in [-0.39, 0.29) is 5.41 Å². The quantitative estimate of drug-likeness (QED) is 0.170. The van der Waals surface area contributed by atoms with Crippen molar-refractivity contribution in [1.29, 1.82) is 0 Å². The minimum atomic E-state index is -0.0275. The summed E-state index contributed by atoms with van der Waals surface area (Å²) in [6.45, 7) is 4.67. The zero-order valence-electron chi connectivity index (χ0n) is 32.1. The maximum absolute atomic E-state index is 6.46. The molecule has 1 aliphatic rings. The van der Waals surface area contributed by atoms with E-state index >= 15 is 0 Å². The lowest BCUT2D eigenvalue weighted by molar-refractivity contribution is 0.660. The molecule has 0 amide bonds. The van der Waals surface area contributed by atoms with E-state index in [1.54, 1.807) is 0 Å². The van der Waals surface area contributed by atoms with Gasteiger partial charge in [0.25, 0.3) is 0 Å². The first-order valence-corrected chi connectivity index (χ1v) is 19.8. The van der Waals surface area contributed by atoms with Gasteiger partial charge in [-0.05, 0) is 86.0 Å². The molecule has 8 aromatic carbocycles. The van der Waals surface area contributed by atoms with E-state index < -0.39 is 0 Å². The Morgan fingerprint density at radius 3 is 1.55 bits per heavy atom. The summed E-state index contributed by atoms with van der Waals surface area (Å²) in [4.78, 5) is 15.0. The van der Waals surface area contributed by atoms with Crippen molar-refractivity contribution < 1.29 is 4.42 Å². The van der Waals surface area contributed by atoms with Gasteiger partial charge in [0.2, 0.25) is 0 Å². The largest absolute Gasteiger partial charge is 0.456 e. The van der Waals surface area contributed by atoms with Gasteiger partial charge in [-0.1, -0.05) is 172 Å². The van der Waals surface area contributed by atoms with E-state index in [9.17, 15) is 0 Å². The fraction of sp³-hybridized carbons (Fsp3) is 0.0556. The summed E-state index contributed by atoms with van der Waals surface area (Å²) in [7, 11) is 0. The molecule has 4 heteroatoms. The second kappa shape index (κ2) is 13.4. The molecule has 274 valence electrons. The van der Waals surface area contributed by atoms with Gasteiger partial charge in [-0.25, -0.2) is 15.0 Å². The summed E-state index contributed by atoms with van der Waals surface area (Å²) in [5.74, 6) is 1.86. The smallest absolute Gasteiger partial charge is 0.164 e. The fourth-order valence-corrected chi connectivity index (χ4v) is 8.74. The van der Waals surface area contributed by atoms with Crippen molar-refractivity contribution in [3.05, 3.63) is 199 Å². The van der Waals surface area contributed by atoms with E-state index in [1.807, 2.05) is 72.8 Å². The monoisotopic (exact) mass is 743 g/mol. The van der Waals surface area contributed by atoms with Crippen LogP contribution in [0.2, 0.25) is 0 Å². The third-order valence-corrected chi connectivity index (χ3v) is 11.8. The molecule has 0 atom stereocenters. The average molecular weight is 744 g/mol. The van der Waals surface area contributed by atoms with Crippen molar-refractivity contribution in [2.24, 2.45) is 0 Å². The van der Waals surface area contributed by atoms with Gasteiger partial charge in [-0.3, -0.25) is 0 Å². The normalized spacial score (nSPS) is 12.8. The van der Waals surface area contributed by atoms with Crippen LogP contribution < -0.4 is 0 Å². The van der Waals surface area contributed by atoms with E-state index in [0.717, 1.165) is 49.8 Å². The zero-order chi connectivity index (χ0) is 38.8. The molecule has 0 saturated heterocycles. The molecule has 0 unspecified atom stereocenters. The van der Waals surface area contributed by atoms with Gasteiger partial charge in [0.15, 0.2) is 17.5 Å². The SMILES string of the molecule is CC1(C)c2ccccc2-c2ccc(-c3ccc(-c4cccc(-c5ccc6oc7cccc(-c8nc(-c9ccccc9)nc(-c9ccccc9)n8)c7c6c5)c4)cc3)cc21. The van der Waals surface area contributed by atoms with Gasteiger partial charge >= 0.3 is 0 Å². The number of fused-ring (bicyclic) bond motifs is 6. The highest BCUT2D eigenvalue weighted by Gasteiger charge is 2.35. The van der Waals surface area contributed by atoms with Gasteiger partial charge in [-0.15, -0.1) is 0 Å². The second-order valence-electron chi connectivity index (χ2n) is 15.6. The van der Waals surface area contributed by atoms with E-state index in [1.165, 1.54) is 44.5 Å². The van der Waals surface area contributed by atoms with Crippen molar-refractivity contribution in [2.75, 3.05) is 0 Å². The number of furan rings is 1. The van der Waals surface area contributed by atoms with Crippen LogP contribution in [-0.4, -0.2) is 15.0 Å². The molecule has 0 spiro atoms. The standard InChI is InChI=1S/C54H37N3O/c1-54(2)46-21-10-9-19-42(46)43-29-27-41(33-47(43)54)35-25-23-34(24-26-35)38-17-11-18-39(31-38)40-28-30-48-45(32-40)50-44(20-12-22-49(50)58-48)53-56-51(36-13-5-3-6-14-36)55-52(57-53)37-15-7-4-8-16-37/h3-33H,1-2H3. The van der Waals surface area contributed by atoms with Crippen LogP contribution in [0.4, 0.5) is 0 Å². The van der Waals surface area contributed by atoms with E-state index in [2.05, 4.69) is 129 Å². The highest BCUT2D eigenvalue weighted by Crippen LogP contribution is 2.49. The molecule has 0 radical (unpaired) electrons. The highest BCUT2D eigenvalue weighted by atomic mass is 16.3. The van der Waals surface area contributed by atoms with Crippen molar-refractivity contribution >= 4 is 21.9 Å². The summed E-state index contributed by atoms with van der Waals surface area (Å²) in [5.41, 5.74) is 16.9. The van der Waals surface area contributed by atoms with Crippen LogP contribution in [0.1, 0.15) is 25.0 Å². The maximum Gasteiger partial charge on any atom is 0.164 e. The first kappa shape index (κ1) is 33.9. The molecule has 2 aromatic heterocycles. The van der Waals surface area contributed by atoms with Crippen molar-refractivity contribution in [2.45, 2.75) is 19.3 Å². The lowest BCUT2D eigenvalue weighted by Crippen LogP contribution is -2.14. The molecule has 1 aliphatic carbocycles. The van der Waals surface area contributed by atoms with Crippen LogP contribution in [0.25, 0.3) is 101 Å². The first-order valence-electron chi connectivity index (χ1n) is 19.8. The Bertz CT molecular complexity index is 3120. The summed E-state index contributed by atoms with van der Waals surface area (Å²) < 4.78 is 6.46. The predicted octanol–water partition coefficient (Wildman–Crippen LogP) is 14.1. The van der Waals surface area contributed by atoms with Gasteiger partial charge in [-0.2, -0.15) is 0 Å². The number of hydrogen-bond acceptors (Lipinski definition) is 4. The number of hydrogen-bond donors (Lipinski definition) is 0. The molecular weight excluding hydrogens is 707 g/mol.